The first-order valence-electron chi connectivity index (χ1n) is 6.23. The lowest BCUT2D eigenvalue weighted by atomic mass is 10.3. The Kier molecular flexibility index (Phi) is 7.12. The van der Waals surface area contributed by atoms with Crippen molar-refractivity contribution in [3.05, 3.63) is 0 Å². The predicted molar refractivity (Wildman–Crippen MR) is 65.2 cm³/mol. The molecule has 1 fully saturated rings. The number of unbranched alkanes of at least 4 members (excludes halogenated alkanes) is 1. The fourth-order valence-electron chi connectivity index (χ4n) is 1.82. The van der Waals surface area contributed by atoms with Gasteiger partial charge in [-0.3, -0.25) is 9.69 Å². The molecule has 1 rings (SSSR count). The summed E-state index contributed by atoms with van der Waals surface area (Å²) in [5.74, 6) is 0.138. The van der Waals surface area contributed by atoms with Gasteiger partial charge < -0.3 is 16.4 Å². The molecule has 1 amide bonds. The molecule has 1 aliphatic heterocycles. The SMILES string of the molecule is NCCCCNC(=O)CN1CCCNCC1. The van der Waals surface area contributed by atoms with Gasteiger partial charge in [0.05, 0.1) is 6.54 Å². The Morgan fingerprint density at radius 1 is 1.31 bits per heavy atom. The smallest absolute Gasteiger partial charge is 0.234 e. The number of hydrogen-bond donors (Lipinski definition) is 3. The molecule has 5 nitrogen and oxygen atoms in total. The highest BCUT2D eigenvalue weighted by atomic mass is 16.2. The van der Waals surface area contributed by atoms with Crippen LogP contribution in [0.4, 0.5) is 0 Å². The Morgan fingerprint density at radius 3 is 3.00 bits per heavy atom. The molecule has 0 radical (unpaired) electrons. The van der Waals surface area contributed by atoms with E-state index in [1.807, 2.05) is 0 Å². The van der Waals surface area contributed by atoms with E-state index in [0.29, 0.717) is 13.1 Å². The highest BCUT2D eigenvalue weighted by Crippen LogP contribution is 1.94. The summed E-state index contributed by atoms with van der Waals surface area (Å²) in [5, 5.41) is 6.25. The summed E-state index contributed by atoms with van der Waals surface area (Å²) in [6, 6.07) is 0. The van der Waals surface area contributed by atoms with Crippen LogP contribution in [0.15, 0.2) is 0 Å². The third-order valence-electron chi connectivity index (χ3n) is 2.75. The molecular formula is C11H24N4O. The first-order chi connectivity index (χ1) is 7.83. The molecule has 0 aromatic rings. The third kappa shape index (κ3) is 6.05. The number of rotatable bonds is 6. The Bertz CT molecular complexity index is 190. The summed E-state index contributed by atoms with van der Waals surface area (Å²) in [6.07, 6.45) is 3.08. The zero-order valence-corrected chi connectivity index (χ0v) is 10.0. The second-order valence-electron chi connectivity index (χ2n) is 4.23. The number of carbonyl (C=O) groups is 1. The van der Waals surface area contributed by atoms with Crippen molar-refractivity contribution in [2.24, 2.45) is 5.73 Å². The van der Waals surface area contributed by atoms with E-state index in [-0.39, 0.29) is 5.91 Å². The van der Waals surface area contributed by atoms with Gasteiger partial charge in [-0.2, -0.15) is 0 Å². The first-order valence-corrected chi connectivity index (χ1v) is 6.23. The lowest BCUT2D eigenvalue weighted by Crippen LogP contribution is -2.39. The van der Waals surface area contributed by atoms with Crippen molar-refractivity contribution in [1.29, 1.82) is 0 Å². The Labute approximate surface area is 97.7 Å². The average molecular weight is 228 g/mol. The van der Waals surface area contributed by atoms with Crippen LogP contribution in [0, 0.1) is 0 Å². The summed E-state index contributed by atoms with van der Waals surface area (Å²) < 4.78 is 0. The van der Waals surface area contributed by atoms with Gasteiger partial charge in [0.15, 0.2) is 0 Å². The van der Waals surface area contributed by atoms with Crippen LogP contribution in [0.5, 0.6) is 0 Å². The van der Waals surface area contributed by atoms with E-state index in [1.165, 1.54) is 0 Å². The van der Waals surface area contributed by atoms with Crippen LogP contribution >= 0.6 is 0 Å². The number of hydrogen-bond acceptors (Lipinski definition) is 4. The maximum Gasteiger partial charge on any atom is 0.234 e. The van der Waals surface area contributed by atoms with Gasteiger partial charge >= 0.3 is 0 Å². The van der Waals surface area contributed by atoms with Crippen LogP contribution < -0.4 is 16.4 Å². The van der Waals surface area contributed by atoms with Crippen molar-refractivity contribution >= 4 is 5.91 Å². The van der Waals surface area contributed by atoms with Gasteiger partial charge in [-0.05, 0) is 38.9 Å². The number of nitrogens with two attached hydrogens (primary N) is 1. The molecule has 16 heavy (non-hydrogen) atoms. The average Bonchev–Trinajstić information content (AvgIpc) is 2.53. The maximum atomic E-state index is 11.6. The monoisotopic (exact) mass is 228 g/mol. The van der Waals surface area contributed by atoms with Crippen LogP contribution in [-0.2, 0) is 4.79 Å². The Hall–Kier alpha value is -0.650. The second-order valence-corrected chi connectivity index (χ2v) is 4.23. The molecule has 1 aliphatic rings. The Morgan fingerprint density at radius 2 is 2.19 bits per heavy atom. The number of amides is 1. The van der Waals surface area contributed by atoms with Crippen molar-refractivity contribution in [3.63, 3.8) is 0 Å². The Balaban J connectivity index is 2.07. The van der Waals surface area contributed by atoms with Crippen LogP contribution in [0.2, 0.25) is 0 Å². The predicted octanol–water partition coefficient (Wildman–Crippen LogP) is -0.863. The summed E-state index contributed by atoms with van der Waals surface area (Å²) in [5.41, 5.74) is 5.38. The minimum absolute atomic E-state index is 0.138. The molecule has 0 aliphatic carbocycles. The van der Waals surface area contributed by atoms with E-state index < -0.39 is 0 Å². The van der Waals surface area contributed by atoms with Gasteiger partial charge in [0, 0.05) is 19.6 Å². The van der Waals surface area contributed by atoms with Gasteiger partial charge in [-0.1, -0.05) is 0 Å². The van der Waals surface area contributed by atoms with E-state index in [4.69, 9.17) is 5.73 Å². The minimum Gasteiger partial charge on any atom is -0.355 e. The summed E-state index contributed by atoms with van der Waals surface area (Å²) in [4.78, 5) is 13.8. The molecule has 0 bridgehead atoms. The van der Waals surface area contributed by atoms with Gasteiger partial charge in [0.25, 0.3) is 0 Å². The van der Waals surface area contributed by atoms with Gasteiger partial charge in [-0.25, -0.2) is 0 Å². The molecule has 0 aromatic carbocycles. The van der Waals surface area contributed by atoms with Gasteiger partial charge in [0.2, 0.25) is 5.91 Å². The van der Waals surface area contributed by atoms with Crippen molar-refractivity contribution in [2.75, 3.05) is 45.8 Å². The molecule has 0 atom stereocenters. The van der Waals surface area contributed by atoms with Crippen LogP contribution in [-0.4, -0.2) is 56.6 Å². The standard InChI is InChI=1S/C11H24N4O/c12-4-1-2-6-14-11(16)10-15-8-3-5-13-7-9-15/h13H,1-10,12H2,(H,14,16). The van der Waals surface area contributed by atoms with E-state index in [0.717, 1.165) is 52.0 Å². The quantitative estimate of drug-likeness (QED) is 0.517. The van der Waals surface area contributed by atoms with Crippen molar-refractivity contribution < 1.29 is 4.79 Å². The minimum atomic E-state index is 0.138. The lowest BCUT2D eigenvalue weighted by Gasteiger charge is -2.18. The topological polar surface area (TPSA) is 70.4 Å². The molecule has 94 valence electrons. The second kappa shape index (κ2) is 8.50. The molecule has 1 saturated heterocycles. The number of nitrogens with one attached hydrogen (secondary N) is 2. The van der Waals surface area contributed by atoms with Crippen LogP contribution in [0.25, 0.3) is 0 Å². The molecule has 4 N–H and O–H groups in total. The molecule has 5 heteroatoms. The summed E-state index contributed by atoms with van der Waals surface area (Å²) >= 11 is 0. The zero-order valence-electron chi connectivity index (χ0n) is 10.0. The fraction of sp³-hybridized carbons (Fsp3) is 0.909. The van der Waals surface area contributed by atoms with Gasteiger partial charge in [0.1, 0.15) is 0 Å². The molecule has 1 heterocycles. The highest BCUT2D eigenvalue weighted by Gasteiger charge is 2.11. The van der Waals surface area contributed by atoms with Crippen molar-refractivity contribution in [3.8, 4) is 0 Å². The zero-order chi connectivity index (χ0) is 11.6. The first kappa shape index (κ1) is 13.4. The van der Waals surface area contributed by atoms with E-state index >= 15 is 0 Å². The molecule has 0 spiro atoms. The number of nitrogens with zero attached hydrogens (tertiary/aromatic N) is 1. The third-order valence-corrected chi connectivity index (χ3v) is 2.75. The molecule has 0 aromatic heterocycles. The van der Waals surface area contributed by atoms with Gasteiger partial charge in [-0.15, -0.1) is 0 Å². The fourth-order valence-corrected chi connectivity index (χ4v) is 1.82. The van der Waals surface area contributed by atoms with Crippen LogP contribution in [0.1, 0.15) is 19.3 Å². The van der Waals surface area contributed by atoms with E-state index in [1.54, 1.807) is 0 Å². The van der Waals surface area contributed by atoms with Crippen molar-refractivity contribution in [1.82, 2.24) is 15.5 Å². The molecule has 0 saturated carbocycles. The molecule has 0 unspecified atom stereocenters. The lowest BCUT2D eigenvalue weighted by molar-refractivity contribution is -0.122. The summed E-state index contributed by atoms with van der Waals surface area (Å²) in [7, 11) is 0. The number of carbonyl (C=O) groups excluding carboxylic acids is 1. The van der Waals surface area contributed by atoms with Crippen molar-refractivity contribution in [2.45, 2.75) is 19.3 Å². The largest absolute Gasteiger partial charge is 0.355 e. The van der Waals surface area contributed by atoms with E-state index in [2.05, 4.69) is 15.5 Å². The summed E-state index contributed by atoms with van der Waals surface area (Å²) in [6.45, 7) is 6.02. The normalized spacial score (nSPS) is 18.1. The maximum absolute atomic E-state index is 11.6. The highest BCUT2D eigenvalue weighted by molar-refractivity contribution is 5.77. The molecular weight excluding hydrogens is 204 g/mol. The van der Waals surface area contributed by atoms with E-state index in [9.17, 15) is 4.79 Å². The van der Waals surface area contributed by atoms with Crippen LogP contribution in [0.3, 0.4) is 0 Å².